The molecule has 0 aromatic heterocycles. The maximum atomic E-state index is 12.8. The lowest BCUT2D eigenvalue weighted by Crippen LogP contribution is -2.38. The maximum absolute atomic E-state index is 12.8. The Hall–Kier alpha value is -4.26. The number of aryl methyl sites for hydroxylation is 2. The molecule has 0 amide bonds. The van der Waals surface area contributed by atoms with Gasteiger partial charge in [-0.05, 0) is 146 Å². The smallest absolute Gasteiger partial charge is 0.345 e. The highest BCUT2D eigenvalue weighted by Gasteiger charge is 2.44. The number of rotatable bonds is 12. The highest BCUT2D eigenvalue weighted by atomic mass is 79.9. The van der Waals surface area contributed by atoms with Gasteiger partial charge in [0.15, 0.2) is 0 Å². The zero-order valence-electron chi connectivity index (χ0n) is 26.9. The molecule has 49 heavy (non-hydrogen) atoms. The van der Waals surface area contributed by atoms with Crippen molar-refractivity contribution in [2.24, 2.45) is 0 Å². The Labute approximate surface area is 301 Å². The van der Waals surface area contributed by atoms with Crippen molar-refractivity contribution in [3.05, 3.63) is 120 Å². The van der Waals surface area contributed by atoms with Crippen LogP contribution < -0.4 is 0 Å². The quantitative estimate of drug-likeness (QED) is 0.0408. The summed E-state index contributed by atoms with van der Waals surface area (Å²) in [6, 6.07) is 39.3. The summed E-state index contributed by atoms with van der Waals surface area (Å²) in [5, 5.41) is 15.3. The van der Waals surface area contributed by atoms with Crippen molar-refractivity contribution in [1.82, 2.24) is 0 Å². The van der Waals surface area contributed by atoms with E-state index in [9.17, 15) is 9.59 Å². The average molecular weight is 775 g/mol. The van der Waals surface area contributed by atoms with Crippen molar-refractivity contribution < 1.29 is 19.1 Å². The first-order valence-electron chi connectivity index (χ1n) is 16.9. The van der Waals surface area contributed by atoms with Gasteiger partial charge in [-0.3, -0.25) is 0 Å². The molecule has 8 rings (SSSR count). The second-order valence-electron chi connectivity index (χ2n) is 12.9. The first-order valence-corrected chi connectivity index (χ1v) is 18.5. The van der Waals surface area contributed by atoms with Gasteiger partial charge < -0.3 is 9.47 Å². The van der Waals surface area contributed by atoms with Crippen molar-refractivity contribution in [3.63, 3.8) is 0 Å². The van der Waals surface area contributed by atoms with E-state index in [0.717, 1.165) is 25.7 Å². The van der Waals surface area contributed by atoms with Crippen LogP contribution in [0, 0.1) is 0 Å². The number of hydrogen-bond donors (Lipinski definition) is 0. The summed E-state index contributed by atoms with van der Waals surface area (Å²) in [6.07, 6.45) is 4.81. The Balaban J connectivity index is 0.807. The van der Waals surface area contributed by atoms with E-state index in [-0.39, 0.29) is 13.2 Å². The molecule has 0 spiro atoms. The molecular weight excluding hydrogens is 740 g/mol. The van der Waals surface area contributed by atoms with Gasteiger partial charge in [0.1, 0.15) is 0 Å². The summed E-state index contributed by atoms with van der Waals surface area (Å²) in [7, 11) is 0. The van der Waals surface area contributed by atoms with Gasteiger partial charge in [-0.15, -0.1) is 0 Å². The summed E-state index contributed by atoms with van der Waals surface area (Å²) in [5.41, 5.74) is 2.57. The van der Waals surface area contributed by atoms with Crippen molar-refractivity contribution in [2.45, 2.75) is 41.8 Å². The highest BCUT2D eigenvalue weighted by Crippen LogP contribution is 2.38. The SMILES string of the molecule is O=C(OCCCCc1ccc2ccc3cccc4ccc1c2c34)C(Br)(Br)C(=O)OCCCCc1ccc2ccc3cccc4ccc1c2c34. The Morgan fingerprint density at radius 3 is 1.20 bits per heavy atom. The molecule has 0 aliphatic carbocycles. The molecule has 0 unspecified atom stereocenters. The predicted molar refractivity (Wildman–Crippen MR) is 209 cm³/mol. The predicted octanol–water partition coefficient (Wildman–Crippen LogP) is 11.4. The van der Waals surface area contributed by atoms with E-state index >= 15 is 0 Å². The highest BCUT2D eigenvalue weighted by molar-refractivity contribution is 9.26. The fourth-order valence-electron chi connectivity index (χ4n) is 7.46. The third-order valence-corrected chi connectivity index (χ3v) is 11.2. The molecule has 0 bridgehead atoms. The summed E-state index contributed by atoms with van der Waals surface area (Å²) < 4.78 is 9.25. The minimum Gasteiger partial charge on any atom is -0.464 e. The third-order valence-electron chi connectivity index (χ3n) is 9.90. The lowest BCUT2D eigenvalue weighted by molar-refractivity contribution is -0.154. The van der Waals surface area contributed by atoms with E-state index in [2.05, 4.69) is 141 Å². The summed E-state index contributed by atoms with van der Waals surface area (Å²) >= 11 is 6.42. The number of carbonyl (C=O) groups excluding carboxylic acids is 2. The molecule has 244 valence electrons. The monoisotopic (exact) mass is 772 g/mol. The molecule has 8 aromatic rings. The Kier molecular flexibility index (Phi) is 8.63. The van der Waals surface area contributed by atoms with Crippen molar-refractivity contribution in [1.29, 1.82) is 0 Å². The fraction of sp³-hybridized carbons (Fsp3) is 0.209. The molecule has 8 aromatic carbocycles. The topological polar surface area (TPSA) is 52.6 Å². The molecule has 0 aliphatic rings. The first kappa shape index (κ1) is 32.0. The molecule has 0 heterocycles. The number of carbonyl (C=O) groups is 2. The van der Waals surface area contributed by atoms with E-state index in [1.54, 1.807) is 0 Å². The van der Waals surface area contributed by atoms with Crippen LogP contribution in [-0.4, -0.2) is 28.4 Å². The van der Waals surface area contributed by atoms with E-state index in [0.29, 0.717) is 12.8 Å². The molecule has 0 radical (unpaired) electrons. The molecule has 0 saturated heterocycles. The Morgan fingerprint density at radius 1 is 0.449 bits per heavy atom. The number of ether oxygens (including phenoxy) is 2. The number of esters is 2. The number of halogens is 2. The van der Waals surface area contributed by atoms with Gasteiger partial charge in [-0.25, -0.2) is 9.59 Å². The normalized spacial score (nSPS) is 12.3. The molecule has 6 heteroatoms. The molecule has 4 nitrogen and oxygen atoms in total. The lowest BCUT2D eigenvalue weighted by Gasteiger charge is -2.18. The molecule has 0 atom stereocenters. The van der Waals surface area contributed by atoms with Gasteiger partial charge in [-0.2, -0.15) is 0 Å². The van der Waals surface area contributed by atoms with Gasteiger partial charge >= 0.3 is 11.9 Å². The van der Waals surface area contributed by atoms with E-state index in [4.69, 9.17) is 9.47 Å². The zero-order valence-corrected chi connectivity index (χ0v) is 30.1. The Bertz CT molecular complexity index is 2280. The van der Waals surface area contributed by atoms with E-state index in [1.165, 1.54) is 75.8 Å². The number of unbranched alkanes of at least 4 members (excludes halogenated alkanes) is 2. The second-order valence-corrected chi connectivity index (χ2v) is 16.4. The minimum atomic E-state index is -1.72. The van der Waals surface area contributed by atoms with E-state index < -0.39 is 15.2 Å². The fourth-order valence-corrected chi connectivity index (χ4v) is 7.91. The van der Waals surface area contributed by atoms with Crippen LogP contribution in [0.15, 0.2) is 109 Å². The summed E-state index contributed by atoms with van der Waals surface area (Å²) in [4.78, 5) is 25.7. The van der Waals surface area contributed by atoms with Crippen molar-refractivity contribution in [2.75, 3.05) is 13.2 Å². The van der Waals surface area contributed by atoms with Crippen LogP contribution in [0.1, 0.15) is 36.8 Å². The van der Waals surface area contributed by atoms with Crippen molar-refractivity contribution in [3.8, 4) is 0 Å². The van der Waals surface area contributed by atoms with Gasteiger partial charge in [0, 0.05) is 0 Å². The first-order chi connectivity index (χ1) is 23.9. The van der Waals surface area contributed by atoms with Crippen LogP contribution in [0.4, 0.5) is 0 Å². The van der Waals surface area contributed by atoms with Gasteiger partial charge in [0.25, 0.3) is 3.23 Å². The maximum Gasteiger partial charge on any atom is 0.345 e. The van der Waals surface area contributed by atoms with Crippen LogP contribution in [0.25, 0.3) is 64.6 Å². The standard InChI is InChI=1S/C43H34Br2O4/c44-43(45,41(46)48-25-3-1-7-27-13-15-33-19-17-29-9-5-11-31-21-23-35(27)39(33)37(29)31)42(47)49-26-4-2-8-28-14-16-34-20-18-30-10-6-12-32-22-24-36(28)40(34)38(30)32/h5-6,9-24H,1-4,7-8,25-26H2. The summed E-state index contributed by atoms with van der Waals surface area (Å²) in [6.45, 7) is 0.437. The molecule has 0 fully saturated rings. The number of benzene rings is 8. The van der Waals surface area contributed by atoms with Crippen LogP contribution in [0.5, 0.6) is 0 Å². The number of hydrogen-bond acceptors (Lipinski definition) is 4. The molecule has 0 aliphatic heterocycles. The minimum absolute atomic E-state index is 0.218. The van der Waals surface area contributed by atoms with Crippen LogP contribution in [0.3, 0.4) is 0 Å². The van der Waals surface area contributed by atoms with Gasteiger partial charge in [-0.1, -0.05) is 109 Å². The second kappa shape index (κ2) is 13.2. The largest absolute Gasteiger partial charge is 0.464 e. The van der Waals surface area contributed by atoms with Crippen LogP contribution in [-0.2, 0) is 31.9 Å². The van der Waals surface area contributed by atoms with E-state index in [1.807, 2.05) is 0 Å². The summed E-state index contributed by atoms with van der Waals surface area (Å²) in [5.74, 6) is -1.40. The average Bonchev–Trinajstić information content (AvgIpc) is 3.13. The van der Waals surface area contributed by atoms with Crippen molar-refractivity contribution >= 4 is 108 Å². The molecular formula is C43H34Br2O4. The van der Waals surface area contributed by atoms with Crippen LogP contribution >= 0.6 is 31.9 Å². The molecule has 0 saturated carbocycles. The van der Waals surface area contributed by atoms with Crippen LogP contribution in [0.2, 0.25) is 0 Å². The van der Waals surface area contributed by atoms with Gasteiger partial charge in [0.05, 0.1) is 13.2 Å². The lowest BCUT2D eigenvalue weighted by atomic mass is 9.91. The Morgan fingerprint density at radius 2 is 0.796 bits per heavy atom. The zero-order chi connectivity index (χ0) is 33.5. The third kappa shape index (κ3) is 5.89. The molecule has 0 N–H and O–H groups in total. The van der Waals surface area contributed by atoms with Gasteiger partial charge in [0.2, 0.25) is 0 Å². The number of alkyl halides is 2.